The monoisotopic (exact) mass is 250 g/mol. The molecule has 1 heterocycles. The molecular formula is C13H22N4O. The molecule has 1 aromatic heterocycles. The zero-order valence-electron chi connectivity index (χ0n) is 10.9. The summed E-state index contributed by atoms with van der Waals surface area (Å²) in [7, 11) is 0. The van der Waals surface area contributed by atoms with Gasteiger partial charge in [0.1, 0.15) is 6.10 Å². The van der Waals surface area contributed by atoms with Gasteiger partial charge >= 0.3 is 0 Å². The van der Waals surface area contributed by atoms with Gasteiger partial charge in [-0.05, 0) is 32.7 Å². The minimum atomic E-state index is -0.540. The second kappa shape index (κ2) is 9.63. The average molecular weight is 250 g/mol. The Morgan fingerprint density at radius 1 is 1.39 bits per heavy atom. The number of aromatic amines is 1. The SMILES string of the molecule is CC#CC(O)CNCCCCCCc1cn[nH]n1. The minimum absolute atomic E-state index is 0.540. The maximum absolute atomic E-state index is 9.34. The Bertz CT molecular complexity index is 353. The maximum Gasteiger partial charge on any atom is 0.127 e. The summed E-state index contributed by atoms with van der Waals surface area (Å²) >= 11 is 0. The van der Waals surface area contributed by atoms with Crippen LogP contribution in [0.4, 0.5) is 0 Å². The van der Waals surface area contributed by atoms with E-state index in [1.807, 2.05) is 0 Å². The minimum Gasteiger partial charge on any atom is -0.379 e. The molecule has 5 heteroatoms. The van der Waals surface area contributed by atoms with Crippen molar-refractivity contribution in [1.82, 2.24) is 20.7 Å². The molecule has 1 aromatic rings. The molecule has 0 aliphatic rings. The lowest BCUT2D eigenvalue weighted by molar-refractivity contribution is 0.228. The molecule has 1 rings (SSSR count). The van der Waals surface area contributed by atoms with Gasteiger partial charge in [-0.3, -0.25) is 0 Å². The van der Waals surface area contributed by atoms with Gasteiger partial charge in [-0.15, -0.1) is 5.92 Å². The highest BCUT2D eigenvalue weighted by Crippen LogP contribution is 2.03. The van der Waals surface area contributed by atoms with E-state index in [1.54, 1.807) is 13.1 Å². The molecule has 5 nitrogen and oxygen atoms in total. The van der Waals surface area contributed by atoms with Crippen molar-refractivity contribution in [2.45, 2.75) is 45.1 Å². The number of aliphatic hydroxyl groups excluding tert-OH is 1. The van der Waals surface area contributed by atoms with Crippen LogP contribution in [0, 0.1) is 11.8 Å². The zero-order valence-corrected chi connectivity index (χ0v) is 10.9. The summed E-state index contributed by atoms with van der Waals surface area (Å²) in [5.74, 6) is 5.40. The average Bonchev–Trinajstić information content (AvgIpc) is 2.86. The van der Waals surface area contributed by atoms with E-state index >= 15 is 0 Å². The zero-order chi connectivity index (χ0) is 13.1. The number of aliphatic hydroxyl groups is 1. The lowest BCUT2D eigenvalue weighted by Gasteiger charge is -2.06. The van der Waals surface area contributed by atoms with E-state index in [0.717, 1.165) is 31.5 Å². The number of nitrogens with one attached hydrogen (secondary N) is 2. The number of aryl methyl sites for hydroxylation is 1. The summed E-state index contributed by atoms with van der Waals surface area (Å²) in [5.41, 5.74) is 1.04. The fraction of sp³-hybridized carbons (Fsp3) is 0.692. The third-order valence-electron chi connectivity index (χ3n) is 2.65. The predicted octanol–water partition coefficient (Wildman–Crippen LogP) is 0.881. The van der Waals surface area contributed by atoms with Crippen LogP contribution in [-0.4, -0.2) is 39.7 Å². The van der Waals surface area contributed by atoms with Crippen LogP contribution in [-0.2, 0) is 6.42 Å². The van der Waals surface area contributed by atoms with Crippen LogP contribution in [0.2, 0.25) is 0 Å². The highest BCUT2D eigenvalue weighted by atomic mass is 16.3. The van der Waals surface area contributed by atoms with Crippen LogP contribution in [0.15, 0.2) is 6.20 Å². The summed E-state index contributed by atoms with van der Waals surface area (Å²) in [4.78, 5) is 0. The number of hydrogen-bond acceptors (Lipinski definition) is 4. The first kappa shape index (κ1) is 14.7. The molecule has 1 unspecified atom stereocenters. The second-order valence-corrected chi connectivity index (χ2v) is 4.24. The highest BCUT2D eigenvalue weighted by molar-refractivity contribution is 5.02. The molecule has 0 aromatic carbocycles. The number of rotatable bonds is 9. The molecule has 0 saturated heterocycles. The normalized spacial score (nSPS) is 11.9. The van der Waals surface area contributed by atoms with Gasteiger partial charge in [0.2, 0.25) is 0 Å². The van der Waals surface area contributed by atoms with Gasteiger partial charge in [0.25, 0.3) is 0 Å². The van der Waals surface area contributed by atoms with E-state index < -0.39 is 6.10 Å². The Kier molecular flexibility index (Phi) is 7.85. The number of hydrogen-bond donors (Lipinski definition) is 3. The van der Waals surface area contributed by atoms with Gasteiger partial charge in [0, 0.05) is 6.54 Å². The fourth-order valence-corrected chi connectivity index (χ4v) is 1.71. The van der Waals surface area contributed by atoms with Crippen molar-refractivity contribution < 1.29 is 5.11 Å². The lowest BCUT2D eigenvalue weighted by atomic mass is 10.1. The van der Waals surface area contributed by atoms with Crippen molar-refractivity contribution in [3.63, 3.8) is 0 Å². The van der Waals surface area contributed by atoms with Crippen molar-refractivity contribution in [2.75, 3.05) is 13.1 Å². The van der Waals surface area contributed by atoms with Crippen molar-refractivity contribution in [1.29, 1.82) is 0 Å². The molecule has 0 radical (unpaired) electrons. The first-order valence-corrected chi connectivity index (χ1v) is 6.48. The summed E-state index contributed by atoms with van der Waals surface area (Å²) in [6, 6.07) is 0. The smallest absolute Gasteiger partial charge is 0.127 e. The summed E-state index contributed by atoms with van der Waals surface area (Å²) in [6.45, 7) is 3.23. The molecule has 0 amide bonds. The third-order valence-corrected chi connectivity index (χ3v) is 2.65. The second-order valence-electron chi connectivity index (χ2n) is 4.24. The van der Waals surface area contributed by atoms with E-state index in [-0.39, 0.29) is 0 Å². The van der Waals surface area contributed by atoms with Gasteiger partial charge in [-0.1, -0.05) is 18.8 Å². The topological polar surface area (TPSA) is 73.8 Å². The van der Waals surface area contributed by atoms with Gasteiger partial charge in [-0.25, -0.2) is 0 Å². The molecule has 1 atom stereocenters. The van der Waals surface area contributed by atoms with Crippen LogP contribution in [0.1, 0.15) is 38.3 Å². The molecule has 0 fully saturated rings. The molecule has 0 saturated carbocycles. The third kappa shape index (κ3) is 7.05. The van der Waals surface area contributed by atoms with Crippen LogP contribution in [0.3, 0.4) is 0 Å². The van der Waals surface area contributed by atoms with E-state index in [0.29, 0.717) is 6.54 Å². The fourth-order valence-electron chi connectivity index (χ4n) is 1.71. The molecule has 100 valence electrons. The Morgan fingerprint density at radius 3 is 2.94 bits per heavy atom. The predicted molar refractivity (Wildman–Crippen MR) is 70.9 cm³/mol. The van der Waals surface area contributed by atoms with Gasteiger partial charge in [-0.2, -0.15) is 15.4 Å². The van der Waals surface area contributed by atoms with E-state index in [9.17, 15) is 5.11 Å². The Morgan fingerprint density at radius 2 is 2.22 bits per heavy atom. The molecule has 0 aliphatic carbocycles. The largest absolute Gasteiger partial charge is 0.379 e. The number of unbranched alkanes of at least 4 members (excludes halogenated alkanes) is 3. The first-order valence-electron chi connectivity index (χ1n) is 6.48. The Labute approximate surface area is 108 Å². The van der Waals surface area contributed by atoms with Crippen molar-refractivity contribution in [3.8, 4) is 11.8 Å². The molecule has 18 heavy (non-hydrogen) atoms. The Balaban J connectivity index is 1.85. The Hall–Kier alpha value is -1.38. The quantitative estimate of drug-likeness (QED) is 0.449. The lowest BCUT2D eigenvalue weighted by Crippen LogP contribution is -2.26. The van der Waals surface area contributed by atoms with Gasteiger partial charge < -0.3 is 10.4 Å². The summed E-state index contributed by atoms with van der Waals surface area (Å²) in [5, 5.41) is 22.9. The van der Waals surface area contributed by atoms with Crippen LogP contribution < -0.4 is 5.32 Å². The highest BCUT2D eigenvalue weighted by Gasteiger charge is 1.98. The van der Waals surface area contributed by atoms with Gasteiger partial charge in [0.05, 0.1) is 11.9 Å². The number of H-pyrrole nitrogens is 1. The summed E-state index contributed by atoms with van der Waals surface area (Å²) < 4.78 is 0. The molecule has 0 spiro atoms. The molecule has 0 aliphatic heterocycles. The van der Waals surface area contributed by atoms with Crippen LogP contribution in [0.25, 0.3) is 0 Å². The molecule has 0 bridgehead atoms. The standard InChI is InChI=1S/C13H22N4O/c1-2-7-13(18)11-14-9-6-4-3-5-8-12-10-15-17-16-12/h10,13-14,18H,3-6,8-9,11H2,1H3,(H,15,16,17). The molecular weight excluding hydrogens is 228 g/mol. The van der Waals surface area contributed by atoms with E-state index in [4.69, 9.17) is 0 Å². The summed E-state index contributed by atoms with van der Waals surface area (Å²) in [6.07, 6.45) is 6.91. The van der Waals surface area contributed by atoms with E-state index in [1.165, 1.54) is 12.8 Å². The molecule has 3 N–H and O–H groups in total. The van der Waals surface area contributed by atoms with Crippen LogP contribution in [0.5, 0.6) is 0 Å². The van der Waals surface area contributed by atoms with Crippen LogP contribution >= 0.6 is 0 Å². The van der Waals surface area contributed by atoms with Crippen molar-refractivity contribution in [3.05, 3.63) is 11.9 Å². The number of nitrogens with zero attached hydrogens (tertiary/aromatic N) is 2. The first-order chi connectivity index (χ1) is 8.83. The van der Waals surface area contributed by atoms with Crippen molar-refractivity contribution >= 4 is 0 Å². The van der Waals surface area contributed by atoms with E-state index in [2.05, 4.69) is 32.6 Å². The van der Waals surface area contributed by atoms with Gasteiger partial charge in [0.15, 0.2) is 0 Å². The maximum atomic E-state index is 9.34. The number of aromatic nitrogens is 3. The van der Waals surface area contributed by atoms with Crippen molar-refractivity contribution in [2.24, 2.45) is 0 Å².